The van der Waals surface area contributed by atoms with Crippen LogP contribution in [0.1, 0.15) is 25.7 Å². The first-order valence-electron chi connectivity index (χ1n) is 6.87. The molecule has 0 fully saturated rings. The van der Waals surface area contributed by atoms with Crippen molar-refractivity contribution in [3.8, 4) is 5.88 Å². The molecule has 1 amide bonds. The van der Waals surface area contributed by atoms with Gasteiger partial charge < -0.3 is 14.6 Å². The molecule has 21 heavy (non-hydrogen) atoms. The van der Waals surface area contributed by atoms with Gasteiger partial charge in [-0.3, -0.25) is 4.79 Å². The maximum Gasteiger partial charge on any atom is 0.242 e. The summed E-state index contributed by atoms with van der Waals surface area (Å²) in [6.45, 7) is 4.29. The van der Waals surface area contributed by atoms with Crippen LogP contribution < -0.4 is 10.1 Å². The van der Waals surface area contributed by atoms with Crippen molar-refractivity contribution in [2.75, 3.05) is 19.5 Å². The van der Waals surface area contributed by atoms with Crippen LogP contribution in [0.3, 0.4) is 0 Å². The number of halogens is 1. The van der Waals surface area contributed by atoms with Crippen molar-refractivity contribution in [2.45, 2.75) is 26.3 Å². The summed E-state index contributed by atoms with van der Waals surface area (Å²) >= 11 is 5.84. The molecule has 0 aliphatic carbocycles. The van der Waals surface area contributed by atoms with Crippen molar-refractivity contribution < 1.29 is 9.53 Å². The number of alkyl halides is 1. The van der Waals surface area contributed by atoms with E-state index in [1.54, 1.807) is 13.2 Å². The molecule has 1 unspecified atom stereocenters. The van der Waals surface area contributed by atoms with E-state index >= 15 is 0 Å². The Labute approximate surface area is 128 Å². The lowest BCUT2D eigenvalue weighted by Crippen LogP contribution is -2.31. The number of rotatable bonds is 6. The predicted molar refractivity (Wildman–Crippen MR) is 81.9 cm³/mol. The van der Waals surface area contributed by atoms with E-state index in [1.807, 2.05) is 24.5 Å². The Balaban J connectivity index is 2.55. The Morgan fingerprint density at radius 3 is 2.86 bits per heavy atom. The van der Waals surface area contributed by atoms with Crippen LogP contribution >= 0.6 is 11.6 Å². The van der Waals surface area contributed by atoms with Crippen LogP contribution in [0.5, 0.6) is 5.88 Å². The fraction of sp³-hybridized carbons (Fsp3) is 0.500. The third-order valence-electron chi connectivity index (χ3n) is 3.23. The zero-order valence-corrected chi connectivity index (χ0v) is 13.1. The van der Waals surface area contributed by atoms with E-state index < -0.39 is 6.04 Å². The second-order valence-corrected chi connectivity index (χ2v) is 4.98. The molecule has 2 heterocycles. The topological polar surface area (TPSA) is 69.0 Å². The van der Waals surface area contributed by atoms with Gasteiger partial charge in [0.2, 0.25) is 11.8 Å². The zero-order valence-electron chi connectivity index (χ0n) is 12.4. The SMILES string of the molecule is CCNC(=O)C(C)n1c(CCCl)nc2ccc(OC)nc21. The molecular weight excluding hydrogens is 292 g/mol. The highest BCUT2D eigenvalue weighted by molar-refractivity contribution is 6.17. The standard InChI is InChI=1S/C14H19ClN4O2/c1-4-16-14(20)9(2)19-11(7-8-15)17-10-5-6-12(21-3)18-13(10)19/h5-6,9H,4,7-8H2,1-3H3,(H,16,20). The molecule has 0 spiro atoms. The molecule has 0 bridgehead atoms. The van der Waals surface area contributed by atoms with Crippen molar-refractivity contribution in [2.24, 2.45) is 0 Å². The van der Waals surface area contributed by atoms with Crippen molar-refractivity contribution >= 4 is 28.7 Å². The average molecular weight is 311 g/mol. The number of likely N-dealkylation sites (N-methyl/N-ethyl adjacent to an activating group) is 1. The molecule has 7 heteroatoms. The fourth-order valence-electron chi connectivity index (χ4n) is 2.22. The number of amides is 1. The third-order valence-corrected chi connectivity index (χ3v) is 3.42. The summed E-state index contributed by atoms with van der Waals surface area (Å²) in [4.78, 5) is 21.1. The van der Waals surface area contributed by atoms with Gasteiger partial charge in [0.25, 0.3) is 0 Å². The highest BCUT2D eigenvalue weighted by Crippen LogP contribution is 2.23. The molecule has 2 rings (SSSR count). The third kappa shape index (κ3) is 3.10. The van der Waals surface area contributed by atoms with E-state index in [0.717, 1.165) is 11.3 Å². The molecule has 0 aromatic carbocycles. The van der Waals surface area contributed by atoms with E-state index in [-0.39, 0.29) is 5.91 Å². The number of aryl methyl sites for hydroxylation is 1. The van der Waals surface area contributed by atoms with Gasteiger partial charge in [0.1, 0.15) is 17.4 Å². The molecular formula is C14H19ClN4O2. The molecule has 1 N–H and O–H groups in total. The molecule has 2 aromatic heterocycles. The number of hydrogen-bond donors (Lipinski definition) is 1. The largest absolute Gasteiger partial charge is 0.481 e. The molecule has 0 aliphatic rings. The quantitative estimate of drug-likeness (QED) is 0.828. The number of hydrogen-bond acceptors (Lipinski definition) is 4. The number of ether oxygens (including phenoxy) is 1. The number of imidazole rings is 1. The Morgan fingerprint density at radius 1 is 1.48 bits per heavy atom. The second-order valence-electron chi connectivity index (χ2n) is 4.60. The summed E-state index contributed by atoms with van der Waals surface area (Å²) < 4.78 is 6.98. The van der Waals surface area contributed by atoms with Crippen LogP contribution in [-0.2, 0) is 11.2 Å². The van der Waals surface area contributed by atoms with E-state index in [1.165, 1.54) is 0 Å². The lowest BCUT2D eigenvalue weighted by Gasteiger charge is -2.16. The van der Waals surface area contributed by atoms with Crippen LogP contribution in [0, 0.1) is 0 Å². The Kier molecular flexibility index (Phi) is 5.01. The van der Waals surface area contributed by atoms with Crippen LogP contribution in [0.2, 0.25) is 0 Å². The molecule has 114 valence electrons. The normalized spacial score (nSPS) is 12.4. The van der Waals surface area contributed by atoms with E-state index in [4.69, 9.17) is 16.3 Å². The predicted octanol–water partition coefficient (Wildman–Crippen LogP) is 1.92. The number of pyridine rings is 1. The van der Waals surface area contributed by atoms with Gasteiger partial charge in [-0.1, -0.05) is 0 Å². The summed E-state index contributed by atoms with van der Waals surface area (Å²) in [7, 11) is 1.56. The number of methoxy groups -OCH3 is 1. The smallest absolute Gasteiger partial charge is 0.242 e. The molecule has 0 aliphatic heterocycles. The minimum Gasteiger partial charge on any atom is -0.481 e. The van der Waals surface area contributed by atoms with Crippen molar-refractivity contribution in [1.29, 1.82) is 0 Å². The summed E-state index contributed by atoms with van der Waals surface area (Å²) in [5.41, 5.74) is 1.36. The van der Waals surface area contributed by atoms with Gasteiger partial charge in [-0.15, -0.1) is 11.6 Å². The Morgan fingerprint density at radius 2 is 2.24 bits per heavy atom. The number of nitrogens with one attached hydrogen (secondary N) is 1. The van der Waals surface area contributed by atoms with Crippen molar-refractivity contribution in [3.05, 3.63) is 18.0 Å². The van der Waals surface area contributed by atoms with E-state index in [0.29, 0.717) is 30.4 Å². The van der Waals surface area contributed by atoms with Gasteiger partial charge in [0.05, 0.1) is 7.11 Å². The first-order valence-corrected chi connectivity index (χ1v) is 7.41. The maximum atomic E-state index is 12.1. The number of aromatic nitrogens is 3. The Hall–Kier alpha value is -1.82. The fourth-order valence-corrected chi connectivity index (χ4v) is 2.39. The minimum atomic E-state index is -0.409. The van der Waals surface area contributed by atoms with Crippen LogP contribution in [-0.4, -0.2) is 40.0 Å². The van der Waals surface area contributed by atoms with E-state index in [2.05, 4.69) is 15.3 Å². The molecule has 0 radical (unpaired) electrons. The van der Waals surface area contributed by atoms with Gasteiger partial charge in [-0.25, -0.2) is 4.98 Å². The summed E-state index contributed by atoms with van der Waals surface area (Å²) in [5.74, 6) is 1.60. The van der Waals surface area contributed by atoms with Gasteiger partial charge in [0, 0.05) is 24.9 Å². The lowest BCUT2D eigenvalue weighted by molar-refractivity contribution is -0.123. The molecule has 1 atom stereocenters. The van der Waals surface area contributed by atoms with Crippen LogP contribution in [0.25, 0.3) is 11.2 Å². The molecule has 6 nitrogen and oxygen atoms in total. The number of carbonyl (C=O) groups excluding carboxylic acids is 1. The molecule has 0 saturated heterocycles. The van der Waals surface area contributed by atoms with Gasteiger partial charge in [-0.2, -0.15) is 4.98 Å². The van der Waals surface area contributed by atoms with Gasteiger partial charge >= 0.3 is 0 Å². The van der Waals surface area contributed by atoms with Crippen molar-refractivity contribution in [1.82, 2.24) is 19.9 Å². The second kappa shape index (κ2) is 6.76. The highest BCUT2D eigenvalue weighted by Gasteiger charge is 2.22. The monoisotopic (exact) mass is 310 g/mol. The summed E-state index contributed by atoms with van der Waals surface area (Å²) in [6.07, 6.45) is 0.573. The molecule has 2 aromatic rings. The average Bonchev–Trinajstić information content (AvgIpc) is 2.84. The highest BCUT2D eigenvalue weighted by atomic mass is 35.5. The zero-order chi connectivity index (χ0) is 15.4. The number of carbonyl (C=O) groups is 1. The van der Waals surface area contributed by atoms with Gasteiger partial charge in [-0.05, 0) is 19.9 Å². The summed E-state index contributed by atoms with van der Waals surface area (Å²) in [5, 5.41) is 2.82. The van der Waals surface area contributed by atoms with Crippen LogP contribution in [0.15, 0.2) is 12.1 Å². The van der Waals surface area contributed by atoms with Crippen LogP contribution in [0.4, 0.5) is 0 Å². The maximum absolute atomic E-state index is 12.1. The Bertz CT molecular complexity index is 641. The first kappa shape index (κ1) is 15.6. The molecule has 0 saturated carbocycles. The van der Waals surface area contributed by atoms with Crippen molar-refractivity contribution in [3.63, 3.8) is 0 Å². The van der Waals surface area contributed by atoms with E-state index in [9.17, 15) is 4.79 Å². The minimum absolute atomic E-state index is 0.0720. The number of nitrogens with zero attached hydrogens (tertiary/aromatic N) is 3. The summed E-state index contributed by atoms with van der Waals surface area (Å²) in [6, 6.07) is 3.17. The number of fused-ring (bicyclic) bond motifs is 1. The first-order chi connectivity index (χ1) is 10.1. The van der Waals surface area contributed by atoms with Gasteiger partial charge in [0.15, 0.2) is 5.65 Å². The lowest BCUT2D eigenvalue weighted by atomic mass is 10.3.